The lowest BCUT2D eigenvalue weighted by atomic mass is 10.1. The summed E-state index contributed by atoms with van der Waals surface area (Å²) in [4.78, 5) is 34.5. The maximum atomic E-state index is 13.5. The SMILES string of the molecule is C=CC(=O)NCCCc1cccc2nc3n(c12)CCCCCOc1c(cnn1C)-c1cc(cc(C)n1)C(=O)N3. The molecule has 2 N–H and O–H groups in total. The Hall–Kier alpha value is -4.47. The minimum atomic E-state index is -0.256. The second-order valence-corrected chi connectivity index (χ2v) is 9.70. The molecule has 1 aliphatic rings. The number of imidazole rings is 1. The average Bonchev–Trinajstić information content (AvgIpc) is 3.47. The summed E-state index contributed by atoms with van der Waals surface area (Å²) >= 11 is 0. The van der Waals surface area contributed by atoms with E-state index in [1.54, 1.807) is 23.0 Å². The van der Waals surface area contributed by atoms with Crippen LogP contribution in [0.15, 0.2) is 49.2 Å². The topological polar surface area (TPSA) is 116 Å². The first-order valence-electron chi connectivity index (χ1n) is 13.3. The number of hydrogen-bond donors (Lipinski definition) is 2. The van der Waals surface area contributed by atoms with Crippen molar-refractivity contribution in [3.63, 3.8) is 0 Å². The Labute approximate surface area is 227 Å². The van der Waals surface area contributed by atoms with Crippen molar-refractivity contribution in [3.8, 4) is 17.1 Å². The number of ether oxygens (including phenoxy) is 1. The Morgan fingerprint density at radius 2 is 2.10 bits per heavy atom. The van der Waals surface area contributed by atoms with Gasteiger partial charge < -0.3 is 14.6 Å². The van der Waals surface area contributed by atoms with Crippen molar-refractivity contribution >= 4 is 28.8 Å². The van der Waals surface area contributed by atoms with E-state index >= 15 is 0 Å². The molecule has 202 valence electrons. The van der Waals surface area contributed by atoms with Gasteiger partial charge in [-0.3, -0.25) is 19.9 Å². The van der Waals surface area contributed by atoms with E-state index in [1.807, 2.05) is 26.1 Å². The molecule has 4 aromatic rings. The highest BCUT2D eigenvalue weighted by Gasteiger charge is 2.20. The highest BCUT2D eigenvalue weighted by Crippen LogP contribution is 2.30. The van der Waals surface area contributed by atoms with Crippen LogP contribution in [-0.4, -0.2) is 49.3 Å². The number of pyridine rings is 1. The number of para-hydroxylation sites is 1. The van der Waals surface area contributed by atoms with E-state index in [-0.39, 0.29) is 11.8 Å². The van der Waals surface area contributed by atoms with Gasteiger partial charge in [-0.1, -0.05) is 18.7 Å². The van der Waals surface area contributed by atoms with Gasteiger partial charge in [0.05, 0.1) is 35.1 Å². The Kier molecular flexibility index (Phi) is 7.72. The number of amides is 2. The summed E-state index contributed by atoms with van der Waals surface area (Å²) < 4.78 is 9.93. The first-order valence-corrected chi connectivity index (χ1v) is 13.3. The molecule has 3 aromatic heterocycles. The molecule has 10 heteroatoms. The maximum Gasteiger partial charge on any atom is 0.258 e. The number of benzene rings is 1. The zero-order valence-corrected chi connectivity index (χ0v) is 22.4. The quantitative estimate of drug-likeness (QED) is 0.297. The molecule has 0 radical (unpaired) electrons. The van der Waals surface area contributed by atoms with E-state index in [2.05, 4.69) is 37.9 Å². The van der Waals surface area contributed by atoms with Crippen LogP contribution in [0.2, 0.25) is 0 Å². The molecule has 0 fully saturated rings. The molecule has 39 heavy (non-hydrogen) atoms. The summed E-state index contributed by atoms with van der Waals surface area (Å²) in [5.74, 6) is 0.729. The number of nitrogens with zero attached hydrogens (tertiary/aromatic N) is 5. The van der Waals surface area contributed by atoms with Gasteiger partial charge in [-0.2, -0.15) is 5.10 Å². The van der Waals surface area contributed by atoms with Crippen molar-refractivity contribution in [2.75, 3.05) is 18.5 Å². The Balaban J connectivity index is 1.50. The summed E-state index contributed by atoms with van der Waals surface area (Å²) in [7, 11) is 1.84. The molecule has 5 rings (SSSR count). The van der Waals surface area contributed by atoms with Crippen molar-refractivity contribution in [1.82, 2.24) is 29.6 Å². The van der Waals surface area contributed by atoms with Gasteiger partial charge in [-0.25, -0.2) is 9.67 Å². The van der Waals surface area contributed by atoms with E-state index in [4.69, 9.17) is 9.72 Å². The van der Waals surface area contributed by atoms with Crippen molar-refractivity contribution in [3.05, 3.63) is 66.0 Å². The van der Waals surface area contributed by atoms with Gasteiger partial charge in [-0.05, 0) is 68.9 Å². The lowest BCUT2D eigenvalue weighted by molar-refractivity contribution is -0.116. The lowest BCUT2D eigenvalue weighted by Crippen LogP contribution is -2.22. The third-order valence-corrected chi connectivity index (χ3v) is 6.82. The second kappa shape index (κ2) is 11.5. The fourth-order valence-electron chi connectivity index (χ4n) is 4.94. The molecule has 10 nitrogen and oxygen atoms in total. The molecule has 2 bridgehead atoms. The summed E-state index contributed by atoms with van der Waals surface area (Å²) in [6.07, 6.45) is 7.26. The highest BCUT2D eigenvalue weighted by atomic mass is 16.5. The number of anilines is 1. The number of hydrogen-bond acceptors (Lipinski definition) is 6. The van der Waals surface area contributed by atoms with Crippen LogP contribution < -0.4 is 15.4 Å². The summed E-state index contributed by atoms with van der Waals surface area (Å²) in [5.41, 5.74) is 5.56. The van der Waals surface area contributed by atoms with Crippen LogP contribution >= 0.6 is 0 Å². The van der Waals surface area contributed by atoms with Crippen LogP contribution in [0.3, 0.4) is 0 Å². The number of carbonyl (C=O) groups excluding carboxylic acids is 2. The van der Waals surface area contributed by atoms with E-state index in [0.29, 0.717) is 42.8 Å². The van der Waals surface area contributed by atoms with Crippen molar-refractivity contribution < 1.29 is 14.3 Å². The number of rotatable bonds is 5. The summed E-state index contributed by atoms with van der Waals surface area (Å²) in [6.45, 7) is 7.18. The van der Waals surface area contributed by atoms with Crippen LogP contribution in [-0.2, 0) is 24.8 Å². The van der Waals surface area contributed by atoms with Gasteiger partial charge in [0.2, 0.25) is 17.7 Å². The molecular formula is C29H33N7O3. The fourth-order valence-corrected chi connectivity index (χ4v) is 4.94. The van der Waals surface area contributed by atoms with Crippen molar-refractivity contribution in [1.29, 1.82) is 0 Å². The Morgan fingerprint density at radius 3 is 2.95 bits per heavy atom. The predicted octanol–water partition coefficient (Wildman–Crippen LogP) is 4.19. The van der Waals surface area contributed by atoms with Gasteiger partial charge in [0.1, 0.15) is 0 Å². The van der Waals surface area contributed by atoms with Gasteiger partial charge in [0, 0.05) is 31.4 Å². The highest BCUT2D eigenvalue weighted by molar-refractivity contribution is 6.05. The standard InChI is InChI=1S/C29H33N7O3/c1-4-25(37)30-13-9-11-20-10-8-12-23-26(20)36-14-6-5-7-15-39-28-22(18-31-35(28)3)24-17-21(16-19(2)32-24)27(38)34-29(36)33-23/h4,8,10,12,16-18H,1,5-7,9,11,13-15H2,2-3H3,(H,30,37)(H,33,34,38). The fraction of sp³-hybridized carbons (Fsp3) is 0.345. The van der Waals surface area contributed by atoms with Crippen molar-refractivity contribution in [2.45, 2.75) is 45.6 Å². The number of carbonyl (C=O) groups is 2. The van der Waals surface area contributed by atoms with Crippen LogP contribution in [0, 0.1) is 6.92 Å². The van der Waals surface area contributed by atoms with E-state index in [1.165, 1.54) is 6.08 Å². The molecule has 2 amide bonds. The average molecular weight is 528 g/mol. The predicted molar refractivity (Wildman–Crippen MR) is 150 cm³/mol. The zero-order valence-electron chi connectivity index (χ0n) is 22.4. The second-order valence-electron chi connectivity index (χ2n) is 9.70. The molecule has 1 aromatic carbocycles. The molecule has 0 unspecified atom stereocenters. The van der Waals surface area contributed by atoms with Crippen LogP contribution in [0.4, 0.5) is 5.95 Å². The van der Waals surface area contributed by atoms with Gasteiger partial charge in [0.15, 0.2) is 0 Å². The largest absolute Gasteiger partial charge is 0.477 e. The number of aryl methyl sites for hydroxylation is 4. The zero-order chi connectivity index (χ0) is 27.4. The minimum Gasteiger partial charge on any atom is -0.477 e. The van der Waals surface area contributed by atoms with Crippen LogP contribution in [0.1, 0.15) is 47.3 Å². The van der Waals surface area contributed by atoms with Gasteiger partial charge in [0.25, 0.3) is 5.91 Å². The Morgan fingerprint density at radius 1 is 1.23 bits per heavy atom. The molecule has 0 aliphatic carbocycles. The third-order valence-electron chi connectivity index (χ3n) is 6.82. The summed E-state index contributed by atoms with van der Waals surface area (Å²) in [5, 5.41) is 10.3. The Bertz CT molecular complexity index is 1540. The molecular weight excluding hydrogens is 494 g/mol. The maximum absolute atomic E-state index is 13.5. The number of fused-ring (bicyclic) bond motifs is 7. The molecule has 0 atom stereocenters. The summed E-state index contributed by atoms with van der Waals surface area (Å²) in [6, 6.07) is 9.57. The van der Waals surface area contributed by atoms with Crippen LogP contribution in [0.25, 0.3) is 22.3 Å². The van der Waals surface area contributed by atoms with Gasteiger partial charge in [-0.15, -0.1) is 0 Å². The first-order chi connectivity index (χ1) is 18.9. The third kappa shape index (κ3) is 5.69. The molecule has 0 spiro atoms. The molecule has 1 aliphatic heterocycles. The first kappa shape index (κ1) is 26.1. The number of aromatic nitrogens is 5. The van der Waals surface area contributed by atoms with E-state index in [0.717, 1.165) is 60.0 Å². The van der Waals surface area contributed by atoms with Crippen LogP contribution in [0.5, 0.6) is 5.88 Å². The normalized spacial score (nSPS) is 13.8. The monoisotopic (exact) mass is 527 g/mol. The van der Waals surface area contributed by atoms with Crippen molar-refractivity contribution in [2.24, 2.45) is 7.05 Å². The molecule has 4 heterocycles. The lowest BCUT2D eigenvalue weighted by Gasteiger charge is -2.13. The molecule has 0 saturated carbocycles. The smallest absolute Gasteiger partial charge is 0.258 e. The van der Waals surface area contributed by atoms with E-state index < -0.39 is 0 Å². The minimum absolute atomic E-state index is 0.176. The molecule has 0 saturated heterocycles. The number of nitrogens with one attached hydrogen (secondary N) is 2. The van der Waals surface area contributed by atoms with E-state index in [9.17, 15) is 9.59 Å². The van der Waals surface area contributed by atoms with Gasteiger partial charge >= 0.3 is 0 Å².